The normalized spacial score (nSPS) is 12.1. The summed E-state index contributed by atoms with van der Waals surface area (Å²) in [7, 11) is 0. The number of pyridine rings is 1. The Morgan fingerprint density at radius 2 is 1.85 bits per heavy atom. The Hall–Kier alpha value is -2.43. The second-order valence-corrected chi connectivity index (χ2v) is 4.62. The first-order valence-corrected chi connectivity index (χ1v) is 6.50. The number of phenols is 2. The molecular formula is C15H18N2O3. The number of nitrogens with zero attached hydrogens (tertiary/aromatic N) is 1. The summed E-state index contributed by atoms with van der Waals surface area (Å²) in [5.74, 6) is 0.0719. The molecule has 1 atom stereocenters. The molecule has 0 aliphatic carbocycles. The van der Waals surface area contributed by atoms with Gasteiger partial charge in [-0.2, -0.15) is 0 Å². The first kappa shape index (κ1) is 14.0. The van der Waals surface area contributed by atoms with Gasteiger partial charge in [0.1, 0.15) is 11.5 Å². The van der Waals surface area contributed by atoms with Gasteiger partial charge in [-0.15, -0.1) is 0 Å². The summed E-state index contributed by atoms with van der Waals surface area (Å²) in [6.07, 6.45) is 1.72. The molecule has 1 unspecified atom stereocenters. The van der Waals surface area contributed by atoms with E-state index >= 15 is 0 Å². The predicted molar refractivity (Wildman–Crippen MR) is 78.2 cm³/mol. The van der Waals surface area contributed by atoms with Crippen molar-refractivity contribution in [2.24, 2.45) is 0 Å². The van der Waals surface area contributed by atoms with E-state index in [-0.39, 0.29) is 23.1 Å². The van der Waals surface area contributed by atoms with Crippen LogP contribution in [0.25, 0.3) is 0 Å². The van der Waals surface area contributed by atoms with E-state index in [2.05, 4.69) is 5.32 Å². The maximum Gasteiger partial charge on any atom is 0.250 e. The zero-order chi connectivity index (χ0) is 14.7. The van der Waals surface area contributed by atoms with E-state index in [1.807, 2.05) is 13.8 Å². The van der Waals surface area contributed by atoms with E-state index in [9.17, 15) is 15.0 Å². The molecule has 5 heteroatoms. The predicted octanol–water partition coefficient (Wildman–Crippen LogP) is 2.45. The molecule has 5 nitrogen and oxygen atoms in total. The molecule has 0 spiro atoms. The minimum absolute atomic E-state index is 0.0359. The highest BCUT2D eigenvalue weighted by molar-refractivity contribution is 5.50. The third kappa shape index (κ3) is 2.77. The highest BCUT2D eigenvalue weighted by Crippen LogP contribution is 2.33. The van der Waals surface area contributed by atoms with E-state index in [0.29, 0.717) is 12.1 Å². The SMILES string of the molecule is CCn1cc(NC(C)c2c(O)cccc2O)ccc1=O. The van der Waals surface area contributed by atoms with E-state index in [1.165, 1.54) is 18.2 Å². The molecule has 20 heavy (non-hydrogen) atoms. The quantitative estimate of drug-likeness (QED) is 0.800. The van der Waals surface area contributed by atoms with Gasteiger partial charge in [-0.05, 0) is 32.0 Å². The molecule has 1 aromatic carbocycles. The average Bonchev–Trinajstić information content (AvgIpc) is 2.40. The Morgan fingerprint density at radius 3 is 2.45 bits per heavy atom. The number of aromatic hydroxyl groups is 2. The molecule has 0 amide bonds. The second-order valence-electron chi connectivity index (χ2n) is 4.62. The molecule has 1 heterocycles. The lowest BCUT2D eigenvalue weighted by molar-refractivity contribution is 0.434. The van der Waals surface area contributed by atoms with Crippen LogP contribution in [-0.2, 0) is 6.54 Å². The number of rotatable bonds is 4. The van der Waals surface area contributed by atoms with Crippen molar-refractivity contribution in [2.45, 2.75) is 26.4 Å². The standard InChI is InChI=1S/C15H18N2O3/c1-3-17-9-11(7-8-14(17)20)16-10(2)15-12(18)5-4-6-13(15)19/h4-10,16,18-19H,3H2,1-2H3. The van der Waals surface area contributed by atoms with Crippen molar-refractivity contribution < 1.29 is 10.2 Å². The number of hydrogen-bond acceptors (Lipinski definition) is 4. The van der Waals surface area contributed by atoms with Gasteiger partial charge < -0.3 is 20.1 Å². The molecule has 0 aliphatic heterocycles. The summed E-state index contributed by atoms with van der Waals surface area (Å²) < 4.78 is 1.58. The van der Waals surface area contributed by atoms with Gasteiger partial charge in [0.25, 0.3) is 5.56 Å². The van der Waals surface area contributed by atoms with Crippen LogP contribution in [0.15, 0.2) is 41.3 Å². The van der Waals surface area contributed by atoms with Crippen molar-refractivity contribution in [3.8, 4) is 11.5 Å². The third-order valence-corrected chi connectivity index (χ3v) is 3.20. The molecule has 0 radical (unpaired) electrons. The summed E-state index contributed by atoms with van der Waals surface area (Å²) in [6, 6.07) is 7.52. The smallest absolute Gasteiger partial charge is 0.250 e. The minimum atomic E-state index is -0.293. The summed E-state index contributed by atoms with van der Waals surface area (Å²) >= 11 is 0. The van der Waals surface area contributed by atoms with E-state index in [0.717, 1.165) is 5.69 Å². The highest BCUT2D eigenvalue weighted by Gasteiger charge is 2.15. The van der Waals surface area contributed by atoms with Crippen molar-refractivity contribution >= 4 is 5.69 Å². The summed E-state index contributed by atoms with van der Waals surface area (Å²) in [4.78, 5) is 11.5. The van der Waals surface area contributed by atoms with Gasteiger partial charge in [0.05, 0.1) is 17.3 Å². The van der Waals surface area contributed by atoms with E-state index in [1.54, 1.807) is 22.9 Å². The lowest BCUT2D eigenvalue weighted by Gasteiger charge is -2.18. The van der Waals surface area contributed by atoms with Crippen molar-refractivity contribution in [1.29, 1.82) is 0 Å². The largest absolute Gasteiger partial charge is 0.507 e. The van der Waals surface area contributed by atoms with Gasteiger partial charge in [-0.3, -0.25) is 4.79 Å². The van der Waals surface area contributed by atoms with Crippen LogP contribution in [0.3, 0.4) is 0 Å². The lowest BCUT2D eigenvalue weighted by atomic mass is 10.1. The average molecular weight is 274 g/mol. The monoisotopic (exact) mass is 274 g/mol. The first-order valence-electron chi connectivity index (χ1n) is 6.50. The molecule has 0 saturated heterocycles. The maximum absolute atomic E-state index is 11.5. The van der Waals surface area contributed by atoms with Gasteiger partial charge in [0.2, 0.25) is 0 Å². The molecular weight excluding hydrogens is 256 g/mol. The number of aromatic nitrogens is 1. The fourth-order valence-corrected chi connectivity index (χ4v) is 2.17. The molecule has 0 bridgehead atoms. The lowest BCUT2D eigenvalue weighted by Crippen LogP contribution is -2.18. The van der Waals surface area contributed by atoms with E-state index in [4.69, 9.17) is 0 Å². The maximum atomic E-state index is 11.5. The molecule has 3 N–H and O–H groups in total. The second kappa shape index (κ2) is 5.69. The fourth-order valence-electron chi connectivity index (χ4n) is 2.17. The van der Waals surface area contributed by atoms with Gasteiger partial charge in [-0.25, -0.2) is 0 Å². The number of nitrogens with one attached hydrogen (secondary N) is 1. The molecule has 0 saturated carbocycles. The topological polar surface area (TPSA) is 74.5 Å². The Labute approximate surface area is 117 Å². The van der Waals surface area contributed by atoms with Crippen LogP contribution in [-0.4, -0.2) is 14.8 Å². The Morgan fingerprint density at radius 1 is 1.20 bits per heavy atom. The number of benzene rings is 1. The molecule has 2 rings (SSSR count). The molecule has 2 aromatic rings. The summed E-state index contributed by atoms with van der Waals surface area (Å²) in [5, 5.41) is 22.8. The van der Waals surface area contributed by atoms with Crippen LogP contribution in [0.1, 0.15) is 25.5 Å². The molecule has 0 fully saturated rings. The molecule has 106 valence electrons. The number of phenolic OH excluding ortho intramolecular Hbond substituents is 2. The number of anilines is 1. The van der Waals surface area contributed by atoms with Crippen molar-refractivity contribution in [1.82, 2.24) is 4.57 Å². The van der Waals surface area contributed by atoms with Crippen LogP contribution in [0, 0.1) is 0 Å². The van der Waals surface area contributed by atoms with Crippen LogP contribution >= 0.6 is 0 Å². The minimum Gasteiger partial charge on any atom is -0.507 e. The molecule has 1 aromatic heterocycles. The van der Waals surface area contributed by atoms with Crippen LogP contribution in [0.5, 0.6) is 11.5 Å². The van der Waals surface area contributed by atoms with Gasteiger partial charge in [0.15, 0.2) is 0 Å². The van der Waals surface area contributed by atoms with Crippen molar-refractivity contribution in [3.05, 3.63) is 52.4 Å². The van der Waals surface area contributed by atoms with Gasteiger partial charge in [-0.1, -0.05) is 6.07 Å². The van der Waals surface area contributed by atoms with Crippen LogP contribution < -0.4 is 10.9 Å². The third-order valence-electron chi connectivity index (χ3n) is 3.20. The Kier molecular flexibility index (Phi) is 3.98. The zero-order valence-corrected chi connectivity index (χ0v) is 11.5. The van der Waals surface area contributed by atoms with Crippen LogP contribution in [0.4, 0.5) is 5.69 Å². The summed E-state index contributed by atoms with van der Waals surface area (Å²) in [6.45, 7) is 4.31. The van der Waals surface area contributed by atoms with E-state index < -0.39 is 0 Å². The van der Waals surface area contributed by atoms with Gasteiger partial charge >= 0.3 is 0 Å². The zero-order valence-electron chi connectivity index (χ0n) is 11.5. The number of aryl methyl sites for hydroxylation is 1. The molecule has 0 aliphatic rings. The van der Waals surface area contributed by atoms with Crippen LogP contribution in [0.2, 0.25) is 0 Å². The Balaban J connectivity index is 2.28. The summed E-state index contributed by atoms with van der Waals surface area (Å²) in [5.41, 5.74) is 1.12. The van der Waals surface area contributed by atoms with Gasteiger partial charge in [0, 0.05) is 18.8 Å². The fraction of sp³-hybridized carbons (Fsp3) is 0.267. The highest BCUT2D eigenvalue weighted by atomic mass is 16.3. The van der Waals surface area contributed by atoms with Crippen molar-refractivity contribution in [3.63, 3.8) is 0 Å². The number of hydrogen-bond donors (Lipinski definition) is 3. The van der Waals surface area contributed by atoms with Crippen molar-refractivity contribution in [2.75, 3.05) is 5.32 Å². The Bertz CT molecular complexity index is 644. The first-order chi connectivity index (χ1) is 9.52.